The standard InChI is InChI=1S/C10H12N4O2/c11-4-1-5-13-7-12-9-6-8(14(15)16)2-3-10(9)13/h2-3,6-7H,1,4-5,11H2. The molecule has 0 saturated carbocycles. The molecule has 1 heterocycles. The van der Waals surface area contributed by atoms with Gasteiger partial charge in [0.15, 0.2) is 0 Å². The Labute approximate surface area is 91.8 Å². The van der Waals surface area contributed by atoms with Gasteiger partial charge in [-0.3, -0.25) is 10.1 Å². The van der Waals surface area contributed by atoms with E-state index < -0.39 is 4.92 Å². The molecule has 0 fully saturated rings. The van der Waals surface area contributed by atoms with Crippen molar-refractivity contribution in [3.05, 3.63) is 34.6 Å². The van der Waals surface area contributed by atoms with Crippen molar-refractivity contribution >= 4 is 16.7 Å². The van der Waals surface area contributed by atoms with E-state index in [2.05, 4.69) is 4.98 Å². The Morgan fingerprint density at radius 2 is 2.31 bits per heavy atom. The number of aryl methyl sites for hydroxylation is 1. The first-order chi connectivity index (χ1) is 7.72. The maximum atomic E-state index is 10.6. The molecule has 2 rings (SSSR count). The number of nitro groups is 1. The summed E-state index contributed by atoms with van der Waals surface area (Å²) in [5.41, 5.74) is 7.04. The van der Waals surface area contributed by atoms with Crippen molar-refractivity contribution in [1.82, 2.24) is 9.55 Å². The van der Waals surface area contributed by atoms with Crippen LogP contribution in [0.4, 0.5) is 5.69 Å². The summed E-state index contributed by atoms with van der Waals surface area (Å²) >= 11 is 0. The predicted molar refractivity (Wildman–Crippen MR) is 60.1 cm³/mol. The fraction of sp³-hybridized carbons (Fsp3) is 0.300. The molecule has 0 unspecified atom stereocenters. The SMILES string of the molecule is NCCCn1cnc2cc([N+](=O)[O-])ccc21. The minimum Gasteiger partial charge on any atom is -0.331 e. The molecule has 0 saturated heterocycles. The van der Waals surface area contributed by atoms with Gasteiger partial charge in [0.1, 0.15) is 0 Å². The average Bonchev–Trinajstić information content (AvgIpc) is 2.68. The van der Waals surface area contributed by atoms with Crippen molar-refractivity contribution in [2.24, 2.45) is 5.73 Å². The van der Waals surface area contributed by atoms with Crippen LogP contribution in [0.25, 0.3) is 11.0 Å². The van der Waals surface area contributed by atoms with Crippen molar-refractivity contribution < 1.29 is 4.92 Å². The number of hydrogen-bond donors (Lipinski definition) is 1. The van der Waals surface area contributed by atoms with Gasteiger partial charge < -0.3 is 10.3 Å². The number of fused-ring (bicyclic) bond motifs is 1. The highest BCUT2D eigenvalue weighted by atomic mass is 16.6. The highest BCUT2D eigenvalue weighted by Gasteiger charge is 2.09. The van der Waals surface area contributed by atoms with E-state index >= 15 is 0 Å². The van der Waals surface area contributed by atoms with Crippen LogP contribution in [0, 0.1) is 10.1 Å². The second-order valence-corrected chi connectivity index (χ2v) is 3.51. The van der Waals surface area contributed by atoms with Crippen LogP contribution < -0.4 is 5.73 Å². The maximum Gasteiger partial charge on any atom is 0.271 e. The third-order valence-corrected chi connectivity index (χ3v) is 2.42. The van der Waals surface area contributed by atoms with Gasteiger partial charge >= 0.3 is 0 Å². The van der Waals surface area contributed by atoms with Crippen LogP contribution in [-0.4, -0.2) is 21.0 Å². The number of benzene rings is 1. The molecule has 1 aromatic heterocycles. The number of nitro benzene ring substituents is 1. The van der Waals surface area contributed by atoms with Crippen molar-refractivity contribution in [3.8, 4) is 0 Å². The fourth-order valence-corrected chi connectivity index (χ4v) is 1.61. The number of aromatic nitrogens is 2. The second kappa shape index (κ2) is 4.28. The zero-order chi connectivity index (χ0) is 11.5. The molecular weight excluding hydrogens is 208 g/mol. The lowest BCUT2D eigenvalue weighted by Crippen LogP contribution is -2.04. The summed E-state index contributed by atoms with van der Waals surface area (Å²) in [4.78, 5) is 14.3. The number of non-ortho nitro benzene ring substituents is 1. The van der Waals surface area contributed by atoms with E-state index in [0.717, 1.165) is 18.5 Å². The molecule has 0 aliphatic heterocycles. The van der Waals surface area contributed by atoms with E-state index in [0.29, 0.717) is 12.1 Å². The molecule has 0 bridgehead atoms. The molecule has 0 amide bonds. The minimum absolute atomic E-state index is 0.0663. The summed E-state index contributed by atoms with van der Waals surface area (Å²) in [6.45, 7) is 1.40. The summed E-state index contributed by atoms with van der Waals surface area (Å²) < 4.78 is 1.95. The zero-order valence-electron chi connectivity index (χ0n) is 8.67. The van der Waals surface area contributed by atoms with Gasteiger partial charge in [-0.15, -0.1) is 0 Å². The van der Waals surface area contributed by atoms with Crippen LogP contribution in [0.2, 0.25) is 0 Å². The highest BCUT2D eigenvalue weighted by Crippen LogP contribution is 2.19. The molecule has 2 N–H and O–H groups in total. The van der Waals surface area contributed by atoms with E-state index in [1.807, 2.05) is 4.57 Å². The number of nitrogens with zero attached hydrogens (tertiary/aromatic N) is 3. The van der Waals surface area contributed by atoms with Crippen LogP contribution in [0.1, 0.15) is 6.42 Å². The van der Waals surface area contributed by atoms with Gasteiger partial charge in [-0.05, 0) is 19.0 Å². The molecule has 0 atom stereocenters. The summed E-state index contributed by atoms with van der Waals surface area (Å²) in [7, 11) is 0. The number of imidazole rings is 1. The fourth-order valence-electron chi connectivity index (χ4n) is 1.61. The first-order valence-corrected chi connectivity index (χ1v) is 5.01. The topological polar surface area (TPSA) is 87.0 Å². The van der Waals surface area contributed by atoms with Gasteiger partial charge in [0.05, 0.1) is 22.3 Å². The Morgan fingerprint density at radius 3 is 3.00 bits per heavy atom. The first-order valence-electron chi connectivity index (χ1n) is 5.01. The Balaban J connectivity index is 2.38. The van der Waals surface area contributed by atoms with Crippen molar-refractivity contribution in [2.45, 2.75) is 13.0 Å². The Kier molecular flexibility index (Phi) is 2.82. The lowest BCUT2D eigenvalue weighted by molar-refractivity contribution is -0.384. The van der Waals surface area contributed by atoms with Crippen LogP contribution in [0.15, 0.2) is 24.5 Å². The van der Waals surface area contributed by atoms with Gasteiger partial charge in [0.2, 0.25) is 0 Å². The largest absolute Gasteiger partial charge is 0.331 e. The van der Waals surface area contributed by atoms with Crippen molar-refractivity contribution in [2.75, 3.05) is 6.54 Å². The van der Waals surface area contributed by atoms with E-state index in [1.165, 1.54) is 12.1 Å². The van der Waals surface area contributed by atoms with E-state index in [1.54, 1.807) is 12.4 Å². The van der Waals surface area contributed by atoms with Crippen LogP contribution in [0.3, 0.4) is 0 Å². The molecule has 84 valence electrons. The van der Waals surface area contributed by atoms with Gasteiger partial charge in [-0.25, -0.2) is 4.98 Å². The average molecular weight is 220 g/mol. The second-order valence-electron chi connectivity index (χ2n) is 3.51. The molecule has 0 aliphatic carbocycles. The first kappa shape index (κ1) is 10.6. The van der Waals surface area contributed by atoms with Gasteiger partial charge in [-0.1, -0.05) is 0 Å². The summed E-state index contributed by atoms with van der Waals surface area (Å²) in [6.07, 6.45) is 2.55. The molecule has 6 nitrogen and oxygen atoms in total. The smallest absolute Gasteiger partial charge is 0.271 e. The van der Waals surface area contributed by atoms with Gasteiger partial charge in [0.25, 0.3) is 5.69 Å². The molecule has 0 spiro atoms. The molecule has 1 aromatic carbocycles. The van der Waals surface area contributed by atoms with E-state index in [4.69, 9.17) is 5.73 Å². The van der Waals surface area contributed by atoms with Crippen molar-refractivity contribution in [3.63, 3.8) is 0 Å². The lowest BCUT2D eigenvalue weighted by atomic mass is 10.3. The molecule has 0 radical (unpaired) electrons. The lowest BCUT2D eigenvalue weighted by Gasteiger charge is -2.01. The number of hydrogen-bond acceptors (Lipinski definition) is 4. The van der Waals surface area contributed by atoms with E-state index in [9.17, 15) is 10.1 Å². The molecule has 2 aromatic rings. The third-order valence-electron chi connectivity index (χ3n) is 2.42. The summed E-state index contributed by atoms with van der Waals surface area (Å²) in [5, 5.41) is 10.6. The van der Waals surface area contributed by atoms with Gasteiger partial charge in [0, 0.05) is 18.7 Å². The van der Waals surface area contributed by atoms with Crippen LogP contribution >= 0.6 is 0 Å². The molecule has 16 heavy (non-hydrogen) atoms. The third kappa shape index (κ3) is 1.87. The maximum absolute atomic E-state index is 10.6. The van der Waals surface area contributed by atoms with Crippen LogP contribution in [0.5, 0.6) is 0 Å². The molecular formula is C10H12N4O2. The van der Waals surface area contributed by atoms with Crippen LogP contribution in [-0.2, 0) is 6.54 Å². The quantitative estimate of drug-likeness (QED) is 0.621. The summed E-state index contributed by atoms with van der Waals surface area (Å²) in [5.74, 6) is 0. The molecule has 0 aliphatic rings. The predicted octanol–water partition coefficient (Wildman–Crippen LogP) is 1.29. The molecule has 6 heteroatoms. The summed E-state index contributed by atoms with van der Waals surface area (Å²) in [6, 6.07) is 4.69. The highest BCUT2D eigenvalue weighted by molar-refractivity contribution is 5.77. The monoisotopic (exact) mass is 220 g/mol. The normalized spacial score (nSPS) is 10.8. The van der Waals surface area contributed by atoms with E-state index in [-0.39, 0.29) is 5.69 Å². The Morgan fingerprint density at radius 1 is 1.50 bits per heavy atom. The minimum atomic E-state index is -0.418. The van der Waals surface area contributed by atoms with Crippen molar-refractivity contribution in [1.29, 1.82) is 0 Å². The Bertz CT molecular complexity index is 521. The number of nitrogens with two attached hydrogens (primary N) is 1. The van der Waals surface area contributed by atoms with Gasteiger partial charge in [-0.2, -0.15) is 0 Å². The number of rotatable bonds is 4. The Hall–Kier alpha value is -1.95. The zero-order valence-corrected chi connectivity index (χ0v) is 8.67.